The van der Waals surface area contributed by atoms with E-state index in [2.05, 4.69) is 16.8 Å². The highest BCUT2D eigenvalue weighted by Gasteiger charge is 2.24. The maximum absolute atomic E-state index is 5.81. The number of hydrogen-bond donors (Lipinski definition) is 1. The average molecular weight is 209 g/mol. The number of hydrogen-bond acceptors (Lipinski definition) is 4. The molecule has 1 fully saturated rings. The van der Waals surface area contributed by atoms with Crippen LogP contribution in [0.1, 0.15) is 11.8 Å². The van der Waals surface area contributed by atoms with Crippen LogP contribution in [0.15, 0.2) is 22.8 Å². The lowest BCUT2D eigenvalue weighted by atomic mass is 10.1. The van der Waals surface area contributed by atoms with E-state index in [0.29, 0.717) is 6.54 Å². The summed E-state index contributed by atoms with van der Waals surface area (Å²) < 4.78 is 5.43. The number of nitrogens with zero attached hydrogens (tertiary/aromatic N) is 2. The summed E-state index contributed by atoms with van der Waals surface area (Å²) in [6.07, 6.45) is 1.72. The molecule has 1 atom stereocenters. The fourth-order valence-electron chi connectivity index (χ4n) is 2.06. The van der Waals surface area contributed by atoms with Crippen LogP contribution >= 0.6 is 0 Å². The molecule has 0 aliphatic carbocycles. The Labute approximate surface area is 90.6 Å². The first-order valence-corrected chi connectivity index (χ1v) is 5.47. The van der Waals surface area contributed by atoms with Crippen molar-refractivity contribution >= 4 is 0 Å². The van der Waals surface area contributed by atoms with Crippen molar-refractivity contribution in [1.29, 1.82) is 0 Å². The molecule has 1 aliphatic heterocycles. The quantitative estimate of drug-likeness (QED) is 0.788. The molecule has 0 unspecified atom stereocenters. The molecule has 0 spiro atoms. The molecule has 1 aromatic heterocycles. The van der Waals surface area contributed by atoms with Gasteiger partial charge in [-0.3, -0.25) is 4.90 Å². The highest BCUT2D eigenvalue weighted by Crippen LogP contribution is 2.21. The van der Waals surface area contributed by atoms with Crippen molar-refractivity contribution in [2.75, 3.05) is 39.8 Å². The Bertz CT molecular complexity index is 278. The lowest BCUT2D eigenvalue weighted by Crippen LogP contribution is -2.47. The van der Waals surface area contributed by atoms with Gasteiger partial charge in [0.1, 0.15) is 5.76 Å². The van der Waals surface area contributed by atoms with Crippen molar-refractivity contribution in [3.8, 4) is 0 Å². The topological polar surface area (TPSA) is 45.6 Å². The minimum Gasteiger partial charge on any atom is -0.468 e. The summed E-state index contributed by atoms with van der Waals surface area (Å²) >= 11 is 0. The lowest BCUT2D eigenvalue weighted by molar-refractivity contribution is 0.104. The van der Waals surface area contributed by atoms with Crippen LogP contribution in [0.3, 0.4) is 0 Å². The Hall–Kier alpha value is -0.840. The van der Waals surface area contributed by atoms with E-state index in [1.165, 1.54) is 0 Å². The SMILES string of the molecule is CN1CCN([C@H](CN)c2ccco2)CC1. The first kappa shape index (κ1) is 10.7. The third-order valence-electron chi connectivity index (χ3n) is 3.07. The van der Waals surface area contributed by atoms with Gasteiger partial charge in [-0.25, -0.2) is 0 Å². The second-order valence-corrected chi connectivity index (χ2v) is 4.11. The Morgan fingerprint density at radius 3 is 2.67 bits per heavy atom. The van der Waals surface area contributed by atoms with E-state index >= 15 is 0 Å². The average Bonchev–Trinajstić information content (AvgIpc) is 2.75. The van der Waals surface area contributed by atoms with Crippen molar-refractivity contribution in [3.05, 3.63) is 24.2 Å². The van der Waals surface area contributed by atoms with Crippen LogP contribution in [0.25, 0.3) is 0 Å². The summed E-state index contributed by atoms with van der Waals surface area (Å²) in [5.41, 5.74) is 5.81. The summed E-state index contributed by atoms with van der Waals surface area (Å²) in [5, 5.41) is 0. The van der Waals surface area contributed by atoms with Crippen molar-refractivity contribution < 1.29 is 4.42 Å². The van der Waals surface area contributed by atoms with Gasteiger partial charge in [0.25, 0.3) is 0 Å². The predicted octanol–water partition coefficient (Wildman–Crippen LogP) is 0.527. The van der Waals surface area contributed by atoms with E-state index in [1.807, 2.05) is 12.1 Å². The zero-order valence-electron chi connectivity index (χ0n) is 9.22. The van der Waals surface area contributed by atoms with E-state index in [4.69, 9.17) is 10.2 Å². The van der Waals surface area contributed by atoms with Gasteiger partial charge in [0.15, 0.2) is 0 Å². The van der Waals surface area contributed by atoms with Gasteiger partial charge in [0.2, 0.25) is 0 Å². The normalized spacial score (nSPS) is 21.7. The van der Waals surface area contributed by atoms with Crippen molar-refractivity contribution in [3.63, 3.8) is 0 Å². The van der Waals surface area contributed by atoms with Crippen molar-refractivity contribution in [1.82, 2.24) is 9.80 Å². The highest BCUT2D eigenvalue weighted by atomic mass is 16.3. The number of rotatable bonds is 3. The van der Waals surface area contributed by atoms with Crippen LogP contribution in [0.5, 0.6) is 0 Å². The molecule has 0 radical (unpaired) electrons. The molecule has 1 aromatic rings. The van der Waals surface area contributed by atoms with Crippen molar-refractivity contribution in [2.24, 2.45) is 5.73 Å². The van der Waals surface area contributed by atoms with E-state index in [-0.39, 0.29) is 6.04 Å². The smallest absolute Gasteiger partial charge is 0.122 e. The fourth-order valence-corrected chi connectivity index (χ4v) is 2.06. The molecule has 2 N–H and O–H groups in total. The van der Waals surface area contributed by atoms with Gasteiger partial charge in [0.05, 0.1) is 12.3 Å². The zero-order valence-corrected chi connectivity index (χ0v) is 9.22. The van der Waals surface area contributed by atoms with Crippen LogP contribution in [-0.2, 0) is 0 Å². The third-order valence-corrected chi connectivity index (χ3v) is 3.07. The monoisotopic (exact) mass is 209 g/mol. The van der Waals surface area contributed by atoms with Gasteiger partial charge >= 0.3 is 0 Å². The number of likely N-dealkylation sites (N-methyl/N-ethyl adjacent to an activating group) is 1. The van der Waals surface area contributed by atoms with Crippen LogP contribution in [0.4, 0.5) is 0 Å². The maximum Gasteiger partial charge on any atom is 0.122 e. The van der Waals surface area contributed by atoms with E-state index < -0.39 is 0 Å². The molecule has 1 saturated heterocycles. The summed E-state index contributed by atoms with van der Waals surface area (Å²) in [6.45, 7) is 4.98. The van der Waals surface area contributed by atoms with Crippen LogP contribution in [0.2, 0.25) is 0 Å². The lowest BCUT2D eigenvalue weighted by Gasteiger charge is -2.36. The molecule has 4 nitrogen and oxygen atoms in total. The molecule has 0 amide bonds. The Kier molecular flexibility index (Phi) is 3.41. The summed E-state index contributed by atoms with van der Waals surface area (Å²) in [6, 6.07) is 4.18. The van der Waals surface area contributed by atoms with Gasteiger partial charge in [-0.1, -0.05) is 0 Å². The second-order valence-electron chi connectivity index (χ2n) is 4.11. The highest BCUT2D eigenvalue weighted by molar-refractivity contribution is 5.05. The first-order chi connectivity index (χ1) is 7.31. The summed E-state index contributed by atoms with van der Waals surface area (Å²) in [5.74, 6) is 0.988. The summed E-state index contributed by atoms with van der Waals surface area (Å²) in [4.78, 5) is 4.74. The van der Waals surface area contributed by atoms with Crippen LogP contribution < -0.4 is 5.73 Å². The molecular formula is C11H19N3O. The van der Waals surface area contributed by atoms with Gasteiger partial charge < -0.3 is 15.1 Å². The molecular weight excluding hydrogens is 190 g/mol. The van der Waals surface area contributed by atoms with E-state index in [0.717, 1.165) is 31.9 Å². The van der Waals surface area contributed by atoms with Gasteiger partial charge in [-0.15, -0.1) is 0 Å². The number of nitrogens with two attached hydrogens (primary N) is 1. The summed E-state index contributed by atoms with van der Waals surface area (Å²) in [7, 11) is 2.15. The predicted molar refractivity (Wildman–Crippen MR) is 59.6 cm³/mol. The van der Waals surface area contributed by atoms with E-state index in [9.17, 15) is 0 Å². The molecule has 0 bridgehead atoms. The van der Waals surface area contributed by atoms with E-state index in [1.54, 1.807) is 6.26 Å². The molecule has 84 valence electrons. The maximum atomic E-state index is 5.81. The molecule has 4 heteroatoms. The van der Waals surface area contributed by atoms with Gasteiger partial charge in [-0.2, -0.15) is 0 Å². The standard InChI is InChI=1S/C11H19N3O/c1-13-4-6-14(7-5-13)10(9-12)11-3-2-8-15-11/h2-3,8,10H,4-7,9,12H2,1H3/t10-/m1/s1. The molecule has 2 rings (SSSR count). The van der Waals surface area contributed by atoms with Crippen molar-refractivity contribution in [2.45, 2.75) is 6.04 Å². The molecule has 0 saturated carbocycles. The first-order valence-electron chi connectivity index (χ1n) is 5.47. The van der Waals surface area contributed by atoms with Crippen LogP contribution in [-0.4, -0.2) is 49.6 Å². The number of furan rings is 1. The molecule has 2 heterocycles. The largest absolute Gasteiger partial charge is 0.468 e. The second kappa shape index (κ2) is 4.79. The number of piperazine rings is 1. The molecule has 15 heavy (non-hydrogen) atoms. The molecule has 1 aliphatic rings. The fraction of sp³-hybridized carbons (Fsp3) is 0.636. The Morgan fingerprint density at radius 1 is 1.40 bits per heavy atom. The minimum atomic E-state index is 0.244. The zero-order chi connectivity index (χ0) is 10.7. The minimum absolute atomic E-state index is 0.244. The van der Waals surface area contributed by atoms with Gasteiger partial charge in [0, 0.05) is 32.7 Å². The third kappa shape index (κ3) is 2.40. The van der Waals surface area contributed by atoms with Crippen LogP contribution in [0, 0.1) is 0 Å². The van der Waals surface area contributed by atoms with Gasteiger partial charge in [-0.05, 0) is 19.2 Å². The Morgan fingerprint density at radius 2 is 2.13 bits per heavy atom. The molecule has 0 aromatic carbocycles. The Balaban J connectivity index is 2.01.